The molecule has 0 atom stereocenters. The third kappa shape index (κ3) is 1.54. The van der Waals surface area contributed by atoms with Gasteiger partial charge in [-0.15, -0.1) is 0 Å². The maximum absolute atomic E-state index is 10.8. The summed E-state index contributed by atoms with van der Waals surface area (Å²) in [6.07, 6.45) is 0.843. The largest absolute Gasteiger partial charge is 0.298 e. The van der Waals surface area contributed by atoms with Gasteiger partial charge in [-0.3, -0.25) is 9.89 Å². The van der Waals surface area contributed by atoms with Crippen LogP contribution in [-0.2, 0) is 5.41 Å². The Bertz CT molecular complexity index is 506. The summed E-state index contributed by atoms with van der Waals surface area (Å²) in [5.41, 5.74) is 2.48. The molecule has 0 fully saturated rings. The van der Waals surface area contributed by atoms with E-state index in [0.717, 1.165) is 22.9 Å². The number of para-hydroxylation sites is 1. The van der Waals surface area contributed by atoms with Crippen LogP contribution in [0.4, 0.5) is 0 Å². The fraction of sp³-hybridized carbons (Fsp3) is 0.333. The average molecular weight is 202 g/mol. The first-order valence-corrected chi connectivity index (χ1v) is 4.97. The molecule has 0 bridgehead atoms. The molecule has 2 rings (SSSR count). The second-order valence-corrected chi connectivity index (χ2v) is 4.71. The topological polar surface area (TPSA) is 45.8 Å². The van der Waals surface area contributed by atoms with Crippen LogP contribution >= 0.6 is 0 Å². The molecule has 0 saturated carbocycles. The number of carbonyl (C=O) groups excluding carboxylic acids is 1. The van der Waals surface area contributed by atoms with Crippen molar-refractivity contribution in [3.63, 3.8) is 0 Å². The zero-order chi connectivity index (χ0) is 11.1. The number of nitrogens with one attached hydrogen (secondary N) is 1. The van der Waals surface area contributed by atoms with Gasteiger partial charge < -0.3 is 0 Å². The Hall–Kier alpha value is -1.64. The molecule has 2 aromatic rings. The zero-order valence-electron chi connectivity index (χ0n) is 9.16. The molecule has 0 aliphatic rings. The van der Waals surface area contributed by atoms with Crippen molar-refractivity contribution in [1.29, 1.82) is 0 Å². The number of aldehydes is 1. The molecule has 1 aromatic carbocycles. The summed E-state index contributed by atoms with van der Waals surface area (Å²) in [4.78, 5) is 10.8. The molecule has 78 valence electrons. The summed E-state index contributed by atoms with van der Waals surface area (Å²) in [6, 6.07) is 5.66. The van der Waals surface area contributed by atoms with E-state index in [9.17, 15) is 4.79 Å². The summed E-state index contributed by atoms with van der Waals surface area (Å²) >= 11 is 0. The van der Waals surface area contributed by atoms with Crippen LogP contribution < -0.4 is 0 Å². The normalized spacial score (nSPS) is 11.9. The number of H-pyrrole nitrogens is 1. The SMILES string of the molecule is CC(C)(C)c1[nH]nc2c(C=O)cccc12. The Morgan fingerprint density at radius 3 is 2.67 bits per heavy atom. The second-order valence-electron chi connectivity index (χ2n) is 4.71. The minimum Gasteiger partial charge on any atom is -0.298 e. The number of benzene rings is 1. The lowest BCUT2D eigenvalue weighted by Crippen LogP contribution is -2.11. The van der Waals surface area contributed by atoms with Crippen molar-refractivity contribution < 1.29 is 4.79 Å². The predicted molar refractivity (Wildman–Crippen MR) is 60.2 cm³/mol. The molecular formula is C12H14N2O. The van der Waals surface area contributed by atoms with Crippen LogP contribution in [0.3, 0.4) is 0 Å². The summed E-state index contributed by atoms with van der Waals surface area (Å²) in [6.45, 7) is 6.36. The van der Waals surface area contributed by atoms with E-state index in [0.29, 0.717) is 5.56 Å². The average Bonchev–Trinajstić information content (AvgIpc) is 2.59. The molecule has 0 amide bonds. The van der Waals surface area contributed by atoms with Crippen molar-refractivity contribution >= 4 is 17.2 Å². The van der Waals surface area contributed by atoms with Gasteiger partial charge in [-0.25, -0.2) is 0 Å². The fourth-order valence-electron chi connectivity index (χ4n) is 1.73. The number of carbonyl (C=O) groups is 1. The third-order valence-corrected chi connectivity index (χ3v) is 2.49. The smallest absolute Gasteiger partial charge is 0.152 e. The molecule has 1 aromatic heterocycles. The first kappa shape index (κ1) is 9.90. The van der Waals surface area contributed by atoms with Gasteiger partial charge in [0, 0.05) is 22.1 Å². The lowest BCUT2D eigenvalue weighted by atomic mass is 9.89. The number of rotatable bonds is 1. The van der Waals surface area contributed by atoms with E-state index in [1.807, 2.05) is 12.1 Å². The Morgan fingerprint density at radius 2 is 2.07 bits per heavy atom. The molecule has 0 saturated heterocycles. The van der Waals surface area contributed by atoms with Crippen LogP contribution in [0.25, 0.3) is 10.9 Å². The van der Waals surface area contributed by atoms with Crippen molar-refractivity contribution in [3.8, 4) is 0 Å². The van der Waals surface area contributed by atoms with E-state index in [2.05, 4.69) is 31.0 Å². The Kier molecular flexibility index (Phi) is 2.11. The van der Waals surface area contributed by atoms with Crippen LogP contribution in [0.2, 0.25) is 0 Å². The van der Waals surface area contributed by atoms with Gasteiger partial charge in [-0.2, -0.15) is 5.10 Å². The molecule has 0 unspecified atom stereocenters. The van der Waals surface area contributed by atoms with Gasteiger partial charge in [0.15, 0.2) is 6.29 Å². The molecule has 1 heterocycles. The van der Waals surface area contributed by atoms with Crippen LogP contribution in [-0.4, -0.2) is 16.5 Å². The number of aromatic nitrogens is 2. The molecule has 1 N–H and O–H groups in total. The summed E-state index contributed by atoms with van der Waals surface area (Å²) < 4.78 is 0. The summed E-state index contributed by atoms with van der Waals surface area (Å²) in [7, 11) is 0. The maximum Gasteiger partial charge on any atom is 0.152 e. The van der Waals surface area contributed by atoms with Crippen molar-refractivity contribution in [2.45, 2.75) is 26.2 Å². The van der Waals surface area contributed by atoms with Gasteiger partial charge in [0.2, 0.25) is 0 Å². The summed E-state index contributed by atoms with van der Waals surface area (Å²) in [5, 5.41) is 8.25. The lowest BCUT2D eigenvalue weighted by Gasteiger charge is -2.16. The van der Waals surface area contributed by atoms with E-state index in [1.54, 1.807) is 6.07 Å². The third-order valence-electron chi connectivity index (χ3n) is 2.49. The number of fused-ring (bicyclic) bond motifs is 1. The minimum atomic E-state index is 0.0102. The molecule has 0 spiro atoms. The van der Waals surface area contributed by atoms with Crippen molar-refractivity contribution in [2.75, 3.05) is 0 Å². The Balaban J connectivity index is 2.77. The van der Waals surface area contributed by atoms with E-state index < -0.39 is 0 Å². The van der Waals surface area contributed by atoms with Gasteiger partial charge in [0.25, 0.3) is 0 Å². The number of aromatic amines is 1. The van der Waals surface area contributed by atoms with Crippen molar-refractivity contribution in [2.24, 2.45) is 0 Å². The first-order valence-electron chi connectivity index (χ1n) is 4.97. The van der Waals surface area contributed by atoms with Gasteiger partial charge in [-0.1, -0.05) is 32.9 Å². The standard InChI is InChI=1S/C12H14N2O/c1-12(2,3)11-9-6-4-5-8(7-15)10(9)13-14-11/h4-7H,1-3H3,(H,13,14). The monoisotopic (exact) mass is 202 g/mol. The highest BCUT2D eigenvalue weighted by atomic mass is 16.1. The minimum absolute atomic E-state index is 0.0102. The van der Waals surface area contributed by atoms with Gasteiger partial charge >= 0.3 is 0 Å². The Morgan fingerprint density at radius 1 is 1.33 bits per heavy atom. The first-order chi connectivity index (χ1) is 7.04. The van der Waals surface area contributed by atoms with E-state index >= 15 is 0 Å². The number of hydrogen-bond acceptors (Lipinski definition) is 2. The quantitative estimate of drug-likeness (QED) is 0.722. The molecule has 0 aliphatic heterocycles. The van der Waals surface area contributed by atoms with Gasteiger partial charge in [0.1, 0.15) is 5.52 Å². The highest BCUT2D eigenvalue weighted by Gasteiger charge is 2.20. The van der Waals surface area contributed by atoms with E-state index in [-0.39, 0.29) is 5.41 Å². The van der Waals surface area contributed by atoms with Gasteiger partial charge in [-0.05, 0) is 6.07 Å². The Labute approximate surface area is 88.5 Å². The number of nitrogens with zero attached hydrogens (tertiary/aromatic N) is 1. The molecular weight excluding hydrogens is 188 g/mol. The van der Waals surface area contributed by atoms with Crippen LogP contribution in [0, 0.1) is 0 Å². The van der Waals surface area contributed by atoms with Gasteiger partial charge in [0.05, 0.1) is 0 Å². The molecule has 0 aliphatic carbocycles. The van der Waals surface area contributed by atoms with Crippen LogP contribution in [0.15, 0.2) is 18.2 Å². The van der Waals surface area contributed by atoms with E-state index in [1.165, 1.54) is 0 Å². The van der Waals surface area contributed by atoms with Crippen molar-refractivity contribution in [1.82, 2.24) is 10.2 Å². The zero-order valence-corrected chi connectivity index (χ0v) is 9.16. The molecule has 3 heteroatoms. The highest BCUT2D eigenvalue weighted by molar-refractivity contribution is 5.96. The van der Waals surface area contributed by atoms with E-state index in [4.69, 9.17) is 0 Å². The highest BCUT2D eigenvalue weighted by Crippen LogP contribution is 2.28. The van der Waals surface area contributed by atoms with Crippen molar-refractivity contribution in [3.05, 3.63) is 29.5 Å². The lowest BCUT2D eigenvalue weighted by molar-refractivity contribution is 0.112. The molecule has 0 radical (unpaired) electrons. The summed E-state index contributed by atoms with van der Waals surface area (Å²) in [5.74, 6) is 0. The van der Waals surface area contributed by atoms with Crippen LogP contribution in [0.1, 0.15) is 36.8 Å². The number of hydrogen-bond donors (Lipinski definition) is 1. The fourth-order valence-corrected chi connectivity index (χ4v) is 1.73. The molecule has 15 heavy (non-hydrogen) atoms. The molecule has 3 nitrogen and oxygen atoms in total. The van der Waals surface area contributed by atoms with Crippen LogP contribution in [0.5, 0.6) is 0 Å². The second kappa shape index (κ2) is 3.19. The maximum atomic E-state index is 10.8. The predicted octanol–water partition coefficient (Wildman–Crippen LogP) is 2.67.